The first-order chi connectivity index (χ1) is 8.58. The van der Waals surface area contributed by atoms with Gasteiger partial charge in [0, 0.05) is 15.0 Å². The Balaban J connectivity index is 2.17. The number of primary amides is 1. The molecular weight excluding hydrogens is 360 g/mol. The summed E-state index contributed by atoms with van der Waals surface area (Å²) in [6.45, 7) is 0. The number of carbonyl (C=O) groups is 1. The first-order valence-electron chi connectivity index (χ1n) is 6.08. The van der Waals surface area contributed by atoms with Crippen molar-refractivity contribution in [2.45, 2.75) is 37.8 Å². The first kappa shape index (κ1) is 14.0. The van der Waals surface area contributed by atoms with Crippen LogP contribution in [0.3, 0.4) is 0 Å². The highest BCUT2D eigenvalue weighted by Gasteiger charge is 2.24. The maximum atomic E-state index is 11.6. The van der Waals surface area contributed by atoms with E-state index < -0.39 is 6.04 Å². The van der Waals surface area contributed by atoms with Gasteiger partial charge in [-0.2, -0.15) is 0 Å². The standard InChI is InChI=1S/C13H16Br2N2O/c14-10-6-5-8(7-11(10)15)12(13(16)18)17-9-3-1-2-4-9/h5-7,9,12,17H,1-4H2,(H2,16,18). The van der Waals surface area contributed by atoms with Crippen molar-refractivity contribution in [2.75, 3.05) is 0 Å². The van der Waals surface area contributed by atoms with Crippen LogP contribution in [0.4, 0.5) is 0 Å². The molecule has 18 heavy (non-hydrogen) atoms. The lowest BCUT2D eigenvalue weighted by atomic mass is 10.0. The van der Waals surface area contributed by atoms with Gasteiger partial charge in [0.1, 0.15) is 6.04 Å². The maximum Gasteiger partial charge on any atom is 0.239 e. The topological polar surface area (TPSA) is 55.1 Å². The van der Waals surface area contributed by atoms with E-state index in [1.165, 1.54) is 12.8 Å². The van der Waals surface area contributed by atoms with Gasteiger partial charge in [0.2, 0.25) is 5.91 Å². The van der Waals surface area contributed by atoms with E-state index in [1.54, 1.807) is 0 Å². The number of hydrogen-bond donors (Lipinski definition) is 2. The van der Waals surface area contributed by atoms with Gasteiger partial charge >= 0.3 is 0 Å². The van der Waals surface area contributed by atoms with E-state index in [1.807, 2.05) is 18.2 Å². The zero-order valence-electron chi connectivity index (χ0n) is 9.96. The molecule has 1 amide bonds. The van der Waals surface area contributed by atoms with Gasteiger partial charge in [0.25, 0.3) is 0 Å². The highest BCUT2D eigenvalue weighted by molar-refractivity contribution is 9.13. The predicted octanol–water partition coefficient (Wildman–Crippen LogP) is 3.27. The number of amides is 1. The fourth-order valence-corrected chi connectivity index (χ4v) is 3.01. The molecular formula is C13H16Br2N2O. The molecule has 1 aliphatic carbocycles. The van der Waals surface area contributed by atoms with Gasteiger partial charge in [-0.15, -0.1) is 0 Å². The van der Waals surface area contributed by atoms with Crippen LogP contribution in [0.5, 0.6) is 0 Å². The molecule has 0 saturated heterocycles. The molecule has 1 unspecified atom stereocenters. The third-order valence-corrected chi connectivity index (χ3v) is 5.20. The fraction of sp³-hybridized carbons (Fsp3) is 0.462. The molecule has 0 aliphatic heterocycles. The minimum Gasteiger partial charge on any atom is -0.368 e. The second kappa shape index (κ2) is 6.17. The van der Waals surface area contributed by atoms with Crippen molar-refractivity contribution >= 4 is 37.8 Å². The summed E-state index contributed by atoms with van der Waals surface area (Å²) < 4.78 is 1.90. The molecule has 5 heteroatoms. The van der Waals surface area contributed by atoms with Crippen LogP contribution in [0.2, 0.25) is 0 Å². The highest BCUT2D eigenvalue weighted by atomic mass is 79.9. The summed E-state index contributed by atoms with van der Waals surface area (Å²) in [6, 6.07) is 5.78. The van der Waals surface area contributed by atoms with Crippen LogP contribution in [0.1, 0.15) is 37.3 Å². The van der Waals surface area contributed by atoms with Crippen LogP contribution < -0.4 is 11.1 Å². The van der Waals surface area contributed by atoms with Gasteiger partial charge in [-0.25, -0.2) is 0 Å². The Hall–Kier alpha value is -0.390. The van der Waals surface area contributed by atoms with Gasteiger partial charge < -0.3 is 5.73 Å². The lowest BCUT2D eigenvalue weighted by Gasteiger charge is -2.21. The number of halogens is 2. The fourth-order valence-electron chi connectivity index (χ4n) is 2.36. The van der Waals surface area contributed by atoms with Crippen LogP contribution in [-0.2, 0) is 4.79 Å². The molecule has 98 valence electrons. The van der Waals surface area contributed by atoms with Crippen LogP contribution in [0.15, 0.2) is 27.1 Å². The number of rotatable bonds is 4. The molecule has 0 spiro atoms. The number of hydrogen-bond acceptors (Lipinski definition) is 2. The van der Waals surface area contributed by atoms with E-state index >= 15 is 0 Å². The smallest absolute Gasteiger partial charge is 0.239 e. The zero-order chi connectivity index (χ0) is 13.1. The molecule has 3 N–H and O–H groups in total. The lowest BCUT2D eigenvalue weighted by Crippen LogP contribution is -2.38. The first-order valence-corrected chi connectivity index (χ1v) is 7.67. The molecule has 1 saturated carbocycles. The molecule has 1 fully saturated rings. The van der Waals surface area contributed by atoms with E-state index in [4.69, 9.17) is 5.73 Å². The largest absolute Gasteiger partial charge is 0.368 e. The lowest BCUT2D eigenvalue weighted by molar-refractivity contribution is -0.120. The molecule has 3 nitrogen and oxygen atoms in total. The van der Waals surface area contributed by atoms with Gasteiger partial charge in [-0.1, -0.05) is 18.9 Å². The molecule has 1 aromatic carbocycles. The van der Waals surface area contributed by atoms with Crippen molar-refractivity contribution in [3.63, 3.8) is 0 Å². The molecule has 0 bridgehead atoms. The van der Waals surface area contributed by atoms with E-state index in [-0.39, 0.29) is 5.91 Å². The Morgan fingerprint density at radius 2 is 1.94 bits per heavy atom. The summed E-state index contributed by atoms with van der Waals surface area (Å²) >= 11 is 6.87. The molecule has 0 aromatic heterocycles. The normalized spacial score (nSPS) is 17.9. The average Bonchev–Trinajstić information content (AvgIpc) is 2.82. The zero-order valence-corrected chi connectivity index (χ0v) is 13.1. The van der Waals surface area contributed by atoms with Crippen molar-refractivity contribution in [1.82, 2.24) is 5.32 Å². The minimum absolute atomic E-state index is 0.323. The summed E-state index contributed by atoms with van der Waals surface area (Å²) in [5, 5.41) is 3.37. The van der Waals surface area contributed by atoms with Crippen molar-refractivity contribution < 1.29 is 4.79 Å². The predicted molar refractivity (Wildman–Crippen MR) is 79.2 cm³/mol. The van der Waals surface area contributed by atoms with E-state index in [9.17, 15) is 4.79 Å². The summed E-state index contributed by atoms with van der Waals surface area (Å²) in [4.78, 5) is 11.6. The van der Waals surface area contributed by atoms with Crippen molar-refractivity contribution in [2.24, 2.45) is 5.73 Å². The Labute approximate surface area is 124 Å². The number of benzene rings is 1. The number of nitrogens with two attached hydrogens (primary N) is 1. The Kier molecular flexibility index (Phi) is 4.81. The maximum absolute atomic E-state index is 11.6. The number of nitrogens with one attached hydrogen (secondary N) is 1. The SMILES string of the molecule is NC(=O)C(NC1CCCC1)c1ccc(Br)c(Br)c1. The van der Waals surface area contributed by atoms with E-state index in [0.29, 0.717) is 6.04 Å². The second-order valence-electron chi connectivity index (χ2n) is 4.66. The summed E-state index contributed by atoms with van der Waals surface area (Å²) in [7, 11) is 0. The Morgan fingerprint density at radius 3 is 2.50 bits per heavy atom. The molecule has 1 atom stereocenters. The van der Waals surface area contributed by atoms with Crippen LogP contribution >= 0.6 is 31.9 Å². The van der Waals surface area contributed by atoms with Crippen LogP contribution in [0.25, 0.3) is 0 Å². The van der Waals surface area contributed by atoms with Gasteiger partial charge in [-0.3, -0.25) is 10.1 Å². The highest BCUT2D eigenvalue weighted by Crippen LogP contribution is 2.28. The molecule has 1 aromatic rings. The molecule has 0 heterocycles. The molecule has 1 aliphatic rings. The van der Waals surface area contributed by atoms with Crippen molar-refractivity contribution in [1.29, 1.82) is 0 Å². The second-order valence-corrected chi connectivity index (χ2v) is 6.37. The third-order valence-electron chi connectivity index (χ3n) is 3.32. The van der Waals surface area contributed by atoms with Crippen LogP contribution in [-0.4, -0.2) is 11.9 Å². The van der Waals surface area contributed by atoms with Crippen molar-refractivity contribution in [3.8, 4) is 0 Å². The Bertz CT molecular complexity index is 445. The van der Waals surface area contributed by atoms with Crippen molar-refractivity contribution in [3.05, 3.63) is 32.7 Å². The summed E-state index contributed by atoms with van der Waals surface area (Å²) in [5.41, 5.74) is 6.41. The molecule has 2 rings (SSSR count). The van der Waals surface area contributed by atoms with E-state index in [0.717, 1.165) is 27.4 Å². The van der Waals surface area contributed by atoms with Gasteiger partial charge in [0.05, 0.1) is 0 Å². The van der Waals surface area contributed by atoms with Crippen LogP contribution in [0, 0.1) is 0 Å². The number of carbonyl (C=O) groups excluding carboxylic acids is 1. The van der Waals surface area contributed by atoms with Gasteiger partial charge in [0.15, 0.2) is 0 Å². The average molecular weight is 376 g/mol. The Morgan fingerprint density at radius 1 is 1.28 bits per heavy atom. The van der Waals surface area contributed by atoms with E-state index in [2.05, 4.69) is 37.2 Å². The minimum atomic E-state index is -0.405. The summed E-state index contributed by atoms with van der Waals surface area (Å²) in [5.74, 6) is -0.323. The molecule has 0 radical (unpaired) electrons. The monoisotopic (exact) mass is 374 g/mol. The van der Waals surface area contributed by atoms with Gasteiger partial charge in [-0.05, 0) is 62.4 Å². The summed E-state index contributed by atoms with van der Waals surface area (Å²) in [6.07, 6.45) is 4.71. The quantitative estimate of drug-likeness (QED) is 0.848. The third kappa shape index (κ3) is 3.33.